The average Bonchev–Trinajstić information content (AvgIpc) is 3.08. The van der Waals surface area contributed by atoms with Crippen molar-refractivity contribution >= 4 is 5.91 Å². The first-order chi connectivity index (χ1) is 11.3. The second-order valence-electron chi connectivity index (χ2n) is 6.41. The number of carbonyl (C=O) groups is 1. The molecule has 23 heavy (non-hydrogen) atoms. The Bertz CT molecular complexity index is 611. The van der Waals surface area contributed by atoms with Crippen molar-refractivity contribution < 1.29 is 4.79 Å². The lowest BCUT2D eigenvalue weighted by Gasteiger charge is -2.30. The van der Waals surface area contributed by atoms with Gasteiger partial charge in [0.2, 0.25) is 0 Å². The molecule has 1 aliphatic carbocycles. The Kier molecular flexibility index (Phi) is 5.11. The predicted octanol–water partition coefficient (Wildman–Crippen LogP) is 4.06. The van der Waals surface area contributed by atoms with E-state index >= 15 is 0 Å². The zero-order valence-electron chi connectivity index (χ0n) is 13.8. The average molecular weight is 311 g/mol. The van der Waals surface area contributed by atoms with Gasteiger partial charge in [0, 0.05) is 31.0 Å². The summed E-state index contributed by atoms with van der Waals surface area (Å²) >= 11 is 0. The van der Waals surface area contributed by atoms with Gasteiger partial charge >= 0.3 is 0 Å². The van der Waals surface area contributed by atoms with Crippen LogP contribution >= 0.6 is 0 Å². The molecule has 0 bridgehead atoms. The topological polar surface area (TPSA) is 38.1 Å². The molecule has 0 N–H and O–H groups in total. The van der Waals surface area contributed by atoms with Gasteiger partial charge in [0.25, 0.3) is 5.91 Å². The molecule has 1 amide bonds. The minimum absolute atomic E-state index is 0.127. The van der Waals surface area contributed by atoms with E-state index in [9.17, 15) is 4.79 Å². The highest BCUT2D eigenvalue weighted by molar-refractivity contribution is 5.94. The molecule has 1 heterocycles. The van der Waals surface area contributed by atoms with Crippen molar-refractivity contribution in [3.05, 3.63) is 48.3 Å². The molecule has 1 aromatic carbocycles. The molecule has 1 fully saturated rings. The Morgan fingerprint density at radius 1 is 1.09 bits per heavy atom. The smallest absolute Gasteiger partial charge is 0.253 e. The Balaban J connectivity index is 1.68. The predicted molar refractivity (Wildman–Crippen MR) is 91.8 cm³/mol. The van der Waals surface area contributed by atoms with Crippen molar-refractivity contribution in [2.24, 2.45) is 0 Å². The molecule has 122 valence electrons. The summed E-state index contributed by atoms with van der Waals surface area (Å²) in [7, 11) is 1.95. The summed E-state index contributed by atoms with van der Waals surface area (Å²) < 4.78 is 1.80. The van der Waals surface area contributed by atoms with Crippen LogP contribution < -0.4 is 0 Å². The molecular weight excluding hydrogens is 286 g/mol. The zero-order chi connectivity index (χ0) is 16.1. The lowest BCUT2D eigenvalue weighted by atomic mass is 9.95. The van der Waals surface area contributed by atoms with E-state index in [1.165, 1.54) is 32.1 Å². The molecule has 0 spiro atoms. The van der Waals surface area contributed by atoms with Gasteiger partial charge in [0.1, 0.15) is 0 Å². The van der Waals surface area contributed by atoms with Crippen LogP contribution in [0, 0.1) is 0 Å². The van der Waals surface area contributed by atoms with Crippen molar-refractivity contribution in [3.8, 4) is 5.69 Å². The number of rotatable bonds is 3. The first-order valence-electron chi connectivity index (χ1n) is 8.63. The monoisotopic (exact) mass is 311 g/mol. The van der Waals surface area contributed by atoms with Crippen LogP contribution in [0.3, 0.4) is 0 Å². The summed E-state index contributed by atoms with van der Waals surface area (Å²) in [5.74, 6) is 0.127. The standard InChI is InChI=1S/C19H25N3O/c1-21(17-8-5-3-2-4-6-9-17)19(23)16-10-12-18(13-11-16)22-15-7-14-20-22/h7,10-15,17H,2-6,8-9H2,1H3. The van der Waals surface area contributed by atoms with Crippen LogP contribution in [0.2, 0.25) is 0 Å². The molecule has 4 heteroatoms. The summed E-state index contributed by atoms with van der Waals surface area (Å²) in [6.07, 6.45) is 12.3. The van der Waals surface area contributed by atoms with Gasteiger partial charge in [0.15, 0.2) is 0 Å². The first-order valence-corrected chi connectivity index (χ1v) is 8.63. The largest absolute Gasteiger partial charge is 0.339 e. The number of nitrogens with zero attached hydrogens (tertiary/aromatic N) is 3. The number of benzene rings is 1. The van der Waals surface area contributed by atoms with Crippen LogP contribution in [-0.4, -0.2) is 33.7 Å². The van der Waals surface area contributed by atoms with E-state index in [1.54, 1.807) is 10.9 Å². The third-order valence-electron chi connectivity index (χ3n) is 4.83. The van der Waals surface area contributed by atoms with E-state index in [1.807, 2.05) is 48.5 Å². The highest BCUT2D eigenvalue weighted by Gasteiger charge is 2.21. The lowest BCUT2D eigenvalue weighted by Crippen LogP contribution is -2.37. The van der Waals surface area contributed by atoms with Crippen LogP contribution in [0.25, 0.3) is 5.69 Å². The van der Waals surface area contributed by atoms with Crippen molar-refractivity contribution in [3.63, 3.8) is 0 Å². The summed E-state index contributed by atoms with van der Waals surface area (Å²) in [5, 5.41) is 4.21. The van der Waals surface area contributed by atoms with Crippen LogP contribution in [-0.2, 0) is 0 Å². The summed E-state index contributed by atoms with van der Waals surface area (Å²) in [5.41, 5.74) is 1.73. The lowest BCUT2D eigenvalue weighted by molar-refractivity contribution is 0.0707. The van der Waals surface area contributed by atoms with Crippen molar-refractivity contribution in [1.29, 1.82) is 0 Å². The normalized spacial score (nSPS) is 16.6. The van der Waals surface area contributed by atoms with Crippen LogP contribution in [0.5, 0.6) is 0 Å². The molecular formula is C19H25N3O. The second-order valence-corrected chi connectivity index (χ2v) is 6.41. The summed E-state index contributed by atoms with van der Waals surface area (Å²) in [4.78, 5) is 14.7. The summed E-state index contributed by atoms with van der Waals surface area (Å²) in [6.45, 7) is 0. The highest BCUT2D eigenvalue weighted by atomic mass is 16.2. The van der Waals surface area contributed by atoms with Gasteiger partial charge in [-0.1, -0.05) is 32.1 Å². The Labute approximate surface area is 138 Å². The minimum atomic E-state index is 0.127. The molecule has 1 saturated carbocycles. The van der Waals surface area contributed by atoms with Crippen LogP contribution in [0.4, 0.5) is 0 Å². The third kappa shape index (κ3) is 3.81. The number of amides is 1. The number of hydrogen-bond donors (Lipinski definition) is 0. The molecule has 1 aliphatic rings. The quantitative estimate of drug-likeness (QED) is 0.857. The highest BCUT2D eigenvalue weighted by Crippen LogP contribution is 2.22. The molecule has 0 aliphatic heterocycles. The SMILES string of the molecule is CN(C(=O)c1ccc(-n2cccn2)cc1)C1CCCCCCC1. The molecule has 0 radical (unpaired) electrons. The number of hydrogen-bond acceptors (Lipinski definition) is 2. The zero-order valence-corrected chi connectivity index (χ0v) is 13.8. The molecule has 0 saturated heterocycles. The van der Waals surface area contributed by atoms with E-state index in [0.717, 1.165) is 24.1 Å². The summed E-state index contributed by atoms with van der Waals surface area (Å²) in [6, 6.07) is 9.98. The van der Waals surface area contributed by atoms with Gasteiger partial charge in [-0.2, -0.15) is 5.10 Å². The van der Waals surface area contributed by atoms with Crippen LogP contribution in [0.1, 0.15) is 55.3 Å². The molecule has 4 nitrogen and oxygen atoms in total. The van der Waals surface area contributed by atoms with Crippen LogP contribution in [0.15, 0.2) is 42.7 Å². The maximum absolute atomic E-state index is 12.7. The molecule has 0 atom stereocenters. The van der Waals surface area contributed by atoms with E-state index in [-0.39, 0.29) is 5.91 Å². The maximum atomic E-state index is 12.7. The Morgan fingerprint density at radius 2 is 1.74 bits per heavy atom. The molecule has 3 rings (SSSR count). The molecule has 1 aromatic heterocycles. The van der Waals surface area contributed by atoms with Gasteiger partial charge in [-0.15, -0.1) is 0 Å². The van der Waals surface area contributed by atoms with Gasteiger partial charge < -0.3 is 4.90 Å². The fraction of sp³-hybridized carbons (Fsp3) is 0.474. The van der Waals surface area contributed by atoms with E-state index in [0.29, 0.717) is 6.04 Å². The van der Waals surface area contributed by atoms with E-state index in [2.05, 4.69) is 5.10 Å². The van der Waals surface area contributed by atoms with Gasteiger partial charge in [-0.05, 0) is 43.2 Å². The fourth-order valence-electron chi connectivity index (χ4n) is 3.37. The third-order valence-corrected chi connectivity index (χ3v) is 4.83. The van der Waals surface area contributed by atoms with Crippen molar-refractivity contribution in [2.75, 3.05) is 7.05 Å². The number of carbonyl (C=O) groups excluding carboxylic acids is 1. The number of aromatic nitrogens is 2. The second kappa shape index (κ2) is 7.44. The van der Waals surface area contributed by atoms with E-state index in [4.69, 9.17) is 0 Å². The Hall–Kier alpha value is -2.10. The fourth-order valence-corrected chi connectivity index (χ4v) is 3.37. The first kappa shape index (κ1) is 15.8. The molecule has 0 unspecified atom stereocenters. The van der Waals surface area contributed by atoms with E-state index < -0.39 is 0 Å². The van der Waals surface area contributed by atoms with Gasteiger partial charge in [-0.3, -0.25) is 4.79 Å². The maximum Gasteiger partial charge on any atom is 0.253 e. The van der Waals surface area contributed by atoms with Crippen molar-refractivity contribution in [1.82, 2.24) is 14.7 Å². The van der Waals surface area contributed by atoms with Gasteiger partial charge in [0.05, 0.1) is 5.69 Å². The van der Waals surface area contributed by atoms with Crippen molar-refractivity contribution in [2.45, 2.75) is 51.0 Å². The minimum Gasteiger partial charge on any atom is -0.339 e. The Morgan fingerprint density at radius 3 is 2.35 bits per heavy atom. The van der Waals surface area contributed by atoms with Gasteiger partial charge in [-0.25, -0.2) is 4.68 Å². The molecule has 2 aromatic rings.